The van der Waals surface area contributed by atoms with Gasteiger partial charge in [-0.25, -0.2) is 0 Å². The minimum absolute atomic E-state index is 0.0226. The number of nitrogens with zero attached hydrogens (tertiary/aromatic N) is 1. The van der Waals surface area contributed by atoms with Crippen LogP contribution in [0.25, 0.3) is 0 Å². The summed E-state index contributed by atoms with van der Waals surface area (Å²) in [5.74, 6) is 0.275. The monoisotopic (exact) mass is 309 g/mol. The van der Waals surface area contributed by atoms with Gasteiger partial charge in [0, 0.05) is 23.6 Å². The van der Waals surface area contributed by atoms with Gasteiger partial charge in [-0.3, -0.25) is 4.79 Å². The predicted molar refractivity (Wildman–Crippen MR) is 82.1 cm³/mol. The number of benzene rings is 1. The topological polar surface area (TPSA) is 79.2 Å². The number of carbonyl (C=O) groups excluding carboxylic acids is 1. The fourth-order valence-corrected chi connectivity index (χ4v) is 3.28. The van der Waals surface area contributed by atoms with E-state index in [2.05, 4.69) is 0 Å². The molecule has 1 aliphatic heterocycles. The fourth-order valence-electron chi connectivity index (χ4n) is 3.28. The molecule has 0 spiro atoms. The van der Waals surface area contributed by atoms with Gasteiger partial charge in [0.25, 0.3) is 0 Å². The number of hydrogen-bond donors (Lipinski definition) is 2. The van der Waals surface area contributed by atoms with Crippen molar-refractivity contribution in [3.8, 4) is 17.2 Å². The van der Waals surface area contributed by atoms with Crippen molar-refractivity contribution >= 4 is 5.78 Å². The SMILES string of the molecule is COc1cc(OC)c([C@H]2CCN(C)[C@@H]2CO)c(O)c1C(C)=O. The van der Waals surface area contributed by atoms with E-state index in [-0.39, 0.29) is 41.4 Å². The molecule has 0 radical (unpaired) electrons. The molecule has 0 aromatic heterocycles. The molecule has 0 amide bonds. The Balaban J connectivity index is 2.64. The first-order chi connectivity index (χ1) is 10.5. The van der Waals surface area contributed by atoms with Gasteiger partial charge >= 0.3 is 0 Å². The first kappa shape index (κ1) is 16.6. The highest BCUT2D eigenvalue weighted by atomic mass is 16.5. The van der Waals surface area contributed by atoms with E-state index in [1.807, 2.05) is 11.9 Å². The molecule has 1 heterocycles. The maximum Gasteiger partial charge on any atom is 0.167 e. The number of carbonyl (C=O) groups is 1. The summed E-state index contributed by atoms with van der Waals surface area (Å²) in [6.45, 7) is 2.17. The third-order valence-corrected chi connectivity index (χ3v) is 4.44. The van der Waals surface area contributed by atoms with E-state index in [0.29, 0.717) is 11.3 Å². The standard InChI is InChI=1S/C16H23NO5/c1-9(19)14-12(21-3)7-13(22-4)15(16(14)20)10-5-6-17(2)11(10)8-18/h7,10-11,18,20H,5-6,8H2,1-4H3/t10-,11+/m0/s1. The lowest BCUT2D eigenvalue weighted by atomic mass is 9.88. The molecule has 1 aromatic rings. The molecule has 2 atom stereocenters. The summed E-state index contributed by atoms with van der Waals surface area (Å²) in [7, 11) is 4.89. The van der Waals surface area contributed by atoms with E-state index in [1.165, 1.54) is 21.1 Å². The lowest BCUT2D eigenvalue weighted by Crippen LogP contribution is -2.32. The van der Waals surface area contributed by atoms with Crippen LogP contribution in [0.2, 0.25) is 0 Å². The van der Waals surface area contributed by atoms with Gasteiger partial charge in [0.05, 0.1) is 20.8 Å². The van der Waals surface area contributed by atoms with Crippen LogP contribution in [0, 0.1) is 0 Å². The smallest absolute Gasteiger partial charge is 0.167 e. The summed E-state index contributed by atoms with van der Waals surface area (Å²) in [5, 5.41) is 20.3. The van der Waals surface area contributed by atoms with Crippen molar-refractivity contribution in [1.82, 2.24) is 4.90 Å². The number of methoxy groups -OCH3 is 2. The van der Waals surface area contributed by atoms with Gasteiger partial charge in [0.2, 0.25) is 0 Å². The molecule has 1 aliphatic rings. The summed E-state index contributed by atoms with van der Waals surface area (Å²) in [6.07, 6.45) is 0.773. The van der Waals surface area contributed by atoms with Crippen LogP contribution < -0.4 is 9.47 Å². The zero-order valence-corrected chi connectivity index (χ0v) is 13.4. The number of ketones is 1. The Morgan fingerprint density at radius 3 is 2.50 bits per heavy atom. The Morgan fingerprint density at radius 1 is 1.36 bits per heavy atom. The lowest BCUT2D eigenvalue weighted by molar-refractivity contribution is 0.101. The highest BCUT2D eigenvalue weighted by molar-refractivity contribution is 6.00. The van der Waals surface area contributed by atoms with Gasteiger partial charge in [-0.2, -0.15) is 0 Å². The number of Topliss-reactive ketones (excluding diaryl/α,β-unsaturated/α-hetero) is 1. The second kappa shape index (κ2) is 6.54. The molecule has 0 saturated carbocycles. The van der Waals surface area contributed by atoms with Gasteiger partial charge < -0.3 is 24.6 Å². The van der Waals surface area contributed by atoms with Gasteiger partial charge in [0.15, 0.2) is 5.78 Å². The normalized spacial score (nSPS) is 21.9. The van der Waals surface area contributed by atoms with Crippen LogP contribution in [0.3, 0.4) is 0 Å². The summed E-state index contributed by atoms with van der Waals surface area (Å²) >= 11 is 0. The van der Waals surface area contributed by atoms with Crippen LogP contribution in [0.15, 0.2) is 6.07 Å². The summed E-state index contributed by atoms with van der Waals surface area (Å²) in [6, 6.07) is 1.51. The molecule has 1 fully saturated rings. The molecule has 1 saturated heterocycles. The van der Waals surface area contributed by atoms with E-state index < -0.39 is 0 Å². The van der Waals surface area contributed by atoms with E-state index in [1.54, 1.807) is 6.07 Å². The van der Waals surface area contributed by atoms with Crippen LogP contribution in [0.5, 0.6) is 17.2 Å². The number of aliphatic hydroxyl groups excluding tert-OH is 1. The molecule has 1 aromatic carbocycles. The van der Waals surface area contributed by atoms with Crippen LogP contribution >= 0.6 is 0 Å². The molecule has 6 nitrogen and oxygen atoms in total. The van der Waals surface area contributed by atoms with Gasteiger partial charge in [0.1, 0.15) is 22.8 Å². The largest absolute Gasteiger partial charge is 0.507 e. The van der Waals surface area contributed by atoms with Crippen molar-refractivity contribution in [2.75, 3.05) is 34.4 Å². The Morgan fingerprint density at radius 2 is 2.00 bits per heavy atom. The average Bonchev–Trinajstić information content (AvgIpc) is 2.85. The second-order valence-electron chi connectivity index (χ2n) is 5.60. The number of likely N-dealkylation sites (tertiary alicyclic amines) is 1. The van der Waals surface area contributed by atoms with Crippen molar-refractivity contribution in [3.63, 3.8) is 0 Å². The van der Waals surface area contributed by atoms with Gasteiger partial charge in [-0.1, -0.05) is 0 Å². The highest BCUT2D eigenvalue weighted by Gasteiger charge is 2.37. The zero-order chi connectivity index (χ0) is 16.4. The minimum atomic E-state index is -0.273. The number of ether oxygens (including phenoxy) is 2. The Hall–Kier alpha value is -1.79. The van der Waals surface area contributed by atoms with Crippen molar-refractivity contribution in [2.45, 2.75) is 25.3 Å². The molecule has 0 aliphatic carbocycles. The second-order valence-corrected chi connectivity index (χ2v) is 5.60. The zero-order valence-electron chi connectivity index (χ0n) is 13.4. The molecular weight excluding hydrogens is 286 g/mol. The quantitative estimate of drug-likeness (QED) is 0.800. The molecule has 2 N–H and O–H groups in total. The van der Waals surface area contributed by atoms with E-state index in [9.17, 15) is 15.0 Å². The maximum absolute atomic E-state index is 11.9. The van der Waals surface area contributed by atoms with E-state index in [4.69, 9.17) is 9.47 Å². The van der Waals surface area contributed by atoms with Crippen molar-refractivity contribution in [2.24, 2.45) is 0 Å². The minimum Gasteiger partial charge on any atom is -0.507 e. The maximum atomic E-state index is 11.9. The predicted octanol–water partition coefficient (Wildman–Crippen LogP) is 1.39. The fraction of sp³-hybridized carbons (Fsp3) is 0.562. The number of phenols is 1. The van der Waals surface area contributed by atoms with Crippen molar-refractivity contribution in [3.05, 3.63) is 17.2 Å². The van der Waals surface area contributed by atoms with Gasteiger partial charge in [-0.15, -0.1) is 0 Å². The first-order valence-electron chi connectivity index (χ1n) is 7.26. The third kappa shape index (κ3) is 2.64. The Kier molecular flexibility index (Phi) is 4.93. The van der Waals surface area contributed by atoms with E-state index in [0.717, 1.165) is 13.0 Å². The third-order valence-electron chi connectivity index (χ3n) is 4.44. The number of phenolic OH excluding ortho intramolecular Hbond substituents is 1. The van der Waals surface area contributed by atoms with Crippen LogP contribution in [-0.4, -0.2) is 61.4 Å². The van der Waals surface area contributed by atoms with Crippen LogP contribution in [-0.2, 0) is 0 Å². The van der Waals surface area contributed by atoms with Crippen LogP contribution in [0.4, 0.5) is 0 Å². The van der Waals surface area contributed by atoms with Crippen molar-refractivity contribution in [1.29, 1.82) is 0 Å². The Labute approximate surface area is 130 Å². The first-order valence-corrected chi connectivity index (χ1v) is 7.26. The molecule has 6 heteroatoms. The number of rotatable bonds is 5. The summed E-state index contributed by atoms with van der Waals surface area (Å²) in [4.78, 5) is 13.9. The Bertz CT molecular complexity index is 572. The molecule has 2 rings (SSSR count). The number of aromatic hydroxyl groups is 1. The highest BCUT2D eigenvalue weighted by Crippen LogP contribution is 2.47. The average molecular weight is 309 g/mol. The molecular formula is C16H23NO5. The summed E-state index contributed by atoms with van der Waals surface area (Å²) < 4.78 is 10.6. The lowest BCUT2D eigenvalue weighted by Gasteiger charge is -2.26. The number of hydrogen-bond acceptors (Lipinski definition) is 6. The van der Waals surface area contributed by atoms with Gasteiger partial charge in [-0.05, 0) is 26.9 Å². The molecule has 22 heavy (non-hydrogen) atoms. The molecule has 0 bridgehead atoms. The number of likely N-dealkylation sites (N-methyl/N-ethyl adjacent to an activating group) is 1. The molecule has 122 valence electrons. The van der Waals surface area contributed by atoms with Crippen LogP contribution in [0.1, 0.15) is 35.2 Å². The summed E-state index contributed by atoms with van der Waals surface area (Å²) in [5.41, 5.74) is 0.724. The molecule has 0 unspecified atom stereocenters. The van der Waals surface area contributed by atoms with E-state index >= 15 is 0 Å². The number of aliphatic hydroxyl groups is 1. The van der Waals surface area contributed by atoms with Crippen molar-refractivity contribution < 1.29 is 24.5 Å².